The van der Waals surface area contributed by atoms with Crippen molar-refractivity contribution in [2.24, 2.45) is 0 Å². The third kappa shape index (κ3) is 1.54. The van der Waals surface area contributed by atoms with Crippen molar-refractivity contribution >= 4 is 11.8 Å². The van der Waals surface area contributed by atoms with Crippen LogP contribution < -0.4 is 0 Å². The molecule has 11 heavy (non-hydrogen) atoms. The summed E-state index contributed by atoms with van der Waals surface area (Å²) in [6.45, 7) is 1.36. The molecule has 2 aliphatic heterocycles. The predicted molar refractivity (Wildman–Crippen MR) is 42.3 cm³/mol. The largest absolute Gasteiger partial charge is 0.382 e. The third-order valence-corrected chi connectivity index (χ3v) is 3.08. The molecular weight excluding hydrogens is 164 g/mol. The van der Waals surface area contributed by atoms with Gasteiger partial charge in [-0.25, -0.2) is 0 Å². The van der Waals surface area contributed by atoms with Crippen LogP contribution in [-0.2, 0) is 9.47 Å². The van der Waals surface area contributed by atoms with E-state index in [4.69, 9.17) is 9.47 Å². The van der Waals surface area contributed by atoms with Gasteiger partial charge in [-0.2, -0.15) is 0 Å². The number of rotatable bonds is 0. The minimum absolute atomic E-state index is 0.304. The monoisotopic (exact) mass is 176 g/mol. The Labute approximate surface area is 70.1 Å². The number of aliphatic hydroxyl groups excluding tert-OH is 1. The summed E-state index contributed by atoms with van der Waals surface area (Å²) in [7, 11) is 0. The van der Waals surface area contributed by atoms with Crippen LogP contribution in [-0.4, -0.2) is 35.3 Å². The summed E-state index contributed by atoms with van der Waals surface area (Å²) in [6.07, 6.45) is 1.53. The van der Waals surface area contributed by atoms with Crippen LogP contribution in [0.2, 0.25) is 0 Å². The van der Waals surface area contributed by atoms with Crippen molar-refractivity contribution in [1.29, 1.82) is 0 Å². The van der Waals surface area contributed by atoms with Crippen molar-refractivity contribution in [2.45, 2.75) is 24.1 Å². The molecule has 1 atom stereocenters. The van der Waals surface area contributed by atoms with E-state index in [2.05, 4.69) is 0 Å². The summed E-state index contributed by atoms with van der Waals surface area (Å²) in [5.41, 5.74) is -0.304. The molecule has 0 aromatic carbocycles. The van der Waals surface area contributed by atoms with E-state index in [0.717, 1.165) is 12.2 Å². The molecule has 2 saturated heterocycles. The Kier molecular flexibility index (Phi) is 2.10. The molecular formula is C7H12O3S. The Morgan fingerprint density at radius 3 is 2.73 bits per heavy atom. The molecule has 4 heteroatoms. The molecule has 0 bridgehead atoms. The minimum Gasteiger partial charge on any atom is -0.382 e. The fourth-order valence-corrected chi connectivity index (χ4v) is 2.61. The van der Waals surface area contributed by atoms with E-state index >= 15 is 0 Å². The smallest absolute Gasteiger partial charge is 0.172 e. The molecule has 2 rings (SSSR count). The van der Waals surface area contributed by atoms with Gasteiger partial charge in [-0.1, -0.05) is 0 Å². The van der Waals surface area contributed by atoms with Crippen molar-refractivity contribution in [3.63, 3.8) is 0 Å². The van der Waals surface area contributed by atoms with Crippen molar-refractivity contribution in [3.8, 4) is 0 Å². The maximum atomic E-state index is 9.34. The summed E-state index contributed by atoms with van der Waals surface area (Å²) in [4.78, 5) is 0. The van der Waals surface area contributed by atoms with E-state index in [1.54, 1.807) is 11.8 Å². The number of ether oxygens (including phenoxy) is 2. The van der Waals surface area contributed by atoms with Crippen LogP contribution in [0.5, 0.6) is 0 Å². The maximum Gasteiger partial charge on any atom is 0.172 e. The zero-order valence-corrected chi connectivity index (χ0v) is 7.10. The lowest BCUT2D eigenvalue weighted by molar-refractivity contribution is -0.173. The van der Waals surface area contributed by atoms with Gasteiger partial charge in [0, 0.05) is 18.6 Å². The van der Waals surface area contributed by atoms with Crippen LogP contribution >= 0.6 is 11.8 Å². The van der Waals surface area contributed by atoms with Crippen LogP contribution in [0.3, 0.4) is 0 Å². The molecule has 1 N–H and O–H groups in total. The first-order valence-corrected chi connectivity index (χ1v) is 4.93. The summed E-state index contributed by atoms with van der Waals surface area (Å²) >= 11 is 1.57. The molecule has 1 unspecified atom stereocenters. The van der Waals surface area contributed by atoms with Crippen LogP contribution in [0.1, 0.15) is 12.8 Å². The molecule has 2 heterocycles. The zero-order chi connectivity index (χ0) is 7.73. The van der Waals surface area contributed by atoms with E-state index in [-0.39, 0.29) is 5.44 Å². The first-order valence-electron chi connectivity index (χ1n) is 3.88. The Morgan fingerprint density at radius 1 is 1.36 bits per heavy atom. The fourth-order valence-electron chi connectivity index (χ4n) is 1.54. The molecule has 64 valence electrons. The number of hydrogen-bond acceptors (Lipinski definition) is 4. The molecule has 0 saturated carbocycles. The SMILES string of the molecule is OC1CC2(CCS1)OCCO2. The summed E-state index contributed by atoms with van der Waals surface area (Å²) in [5.74, 6) is 0.506. The normalized spacial score (nSPS) is 36.3. The van der Waals surface area contributed by atoms with Gasteiger partial charge in [0.1, 0.15) is 5.44 Å². The molecule has 1 spiro atoms. The molecule has 0 amide bonds. The Bertz CT molecular complexity index is 145. The molecule has 2 fully saturated rings. The quantitative estimate of drug-likeness (QED) is 0.586. The minimum atomic E-state index is -0.426. The van der Waals surface area contributed by atoms with Crippen LogP contribution in [0, 0.1) is 0 Å². The van der Waals surface area contributed by atoms with Gasteiger partial charge in [0.25, 0.3) is 0 Å². The van der Waals surface area contributed by atoms with E-state index in [1.165, 1.54) is 0 Å². The second kappa shape index (κ2) is 2.94. The van der Waals surface area contributed by atoms with Crippen LogP contribution in [0.15, 0.2) is 0 Å². The van der Waals surface area contributed by atoms with Crippen LogP contribution in [0.4, 0.5) is 0 Å². The van der Waals surface area contributed by atoms with Crippen LogP contribution in [0.25, 0.3) is 0 Å². The lowest BCUT2D eigenvalue weighted by Crippen LogP contribution is -2.38. The molecule has 2 aliphatic rings. The summed E-state index contributed by atoms with van der Waals surface area (Å²) in [6, 6.07) is 0. The first kappa shape index (κ1) is 7.86. The van der Waals surface area contributed by atoms with E-state index in [0.29, 0.717) is 19.6 Å². The lowest BCUT2D eigenvalue weighted by Gasteiger charge is -2.33. The van der Waals surface area contributed by atoms with Gasteiger partial charge in [0.05, 0.1) is 13.2 Å². The highest BCUT2D eigenvalue weighted by molar-refractivity contribution is 7.99. The highest BCUT2D eigenvalue weighted by atomic mass is 32.2. The number of aliphatic hydroxyl groups is 1. The third-order valence-electron chi connectivity index (χ3n) is 2.09. The van der Waals surface area contributed by atoms with Gasteiger partial charge in [-0.3, -0.25) is 0 Å². The summed E-state index contributed by atoms with van der Waals surface area (Å²) < 4.78 is 10.9. The zero-order valence-electron chi connectivity index (χ0n) is 6.28. The second-order valence-electron chi connectivity index (χ2n) is 2.89. The molecule has 3 nitrogen and oxygen atoms in total. The standard InChI is InChI=1S/C7H12O3S/c8-6-5-7(1-4-11-6)9-2-3-10-7/h6,8H,1-5H2. The second-order valence-corrected chi connectivity index (χ2v) is 4.17. The maximum absolute atomic E-state index is 9.34. The highest BCUT2D eigenvalue weighted by Crippen LogP contribution is 2.37. The van der Waals surface area contributed by atoms with Gasteiger partial charge in [0.2, 0.25) is 0 Å². The topological polar surface area (TPSA) is 38.7 Å². The van der Waals surface area contributed by atoms with E-state index in [1.807, 2.05) is 0 Å². The van der Waals surface area contributed by atoms with Gasteiger partial charge < -0.3 is 14.6 Å². The van der Waals surface area contributed by atoms with Gasteiger partial charge in [-0.15, -0.1) is 11.8 Å². The van der Waals surface area contributed by atoms with Gasteiger partial charge >= 0.3 is 0 Å². The molecule has 0 aromatic rings. The van der Waals surface area contributed by atoms with Crippen molar-refractivity contribution in [3.05, 3.63) is 0 Å². The van der Waals surface area contributed by atoms with Crippen molar-refractivity contribution in [1.82, 2.24) is 0 Å². The Morgan fingerprint density at radius 2 is 2.09 bits per heavy atom. The first-order chi connectivity index (χ1) is 5.31. The van der Waals surface area contributed by atoms with E-state index < -0.39 is 5.79 Å². The predicted octanol–water partition coefficient (Wildman–Crippen LogP) is 0.575. The van der Waals surface area contributed by atoms with Crippen molar-refractivity contribution < 1.29 is 14.6 Å². The van der Waals surface area contributed by atoms with E-state index in [9.17, 15) is 5.11 Å². The van der Waals surface area contributed by atoms with Gasteiger partial charge in [-0.05, 0) is 0 Å². The average molecular weight is 176 g/mol. The fraction of sp³-hybridized carbons (Fsp3) is 1.00. The Balaban J connectivity index is 2.00. The number of thioether (sulfide) groups is 1. The van der Waals surface area contributed by atoms with Gasteiger partial charge in [0.15, 0.2) is 5.79 Å². The molecule has 0 aromatic heterocycles. The average Bonchev–Trinajstić information content (AvgIpc) is 2.37. The Hall–Kier alpha value is 0.230. The van der Waals surface area contributed by atoms with Crippen molar-refractivity contribution in [2.75, 3.05) is 19.0 Å². The highest BCUT2D eigenvalue weighted by Gasteiger charge is 2.41. The summed E-state index contributed by atoms with van der Waals surface area (Å²) in [5, 5.41) is 9.34. The lowest BCUT2D eigenvalue weighted by atomic mass is 10.1. The number of hydrogen-bond donors (Lipinski definition) is 1. The molecule has 0 aliphatic carbocycles. The molecule has 0 radical (unpaired) electrons.